The quantitative estimate of drug-likeness (QED) is 0.562. The molecule has 7 heteroatoms. The SMILES string of the molecule is COc1cc(CNC(=O)C23CCC(=O)N2c2ccccc2S3)ccc1OCc1ccccc1. The molecular weight excluding hydrogens is 436 g/mol. The van der Waals surface area contributed by atoms with Crippen molar-refractivity contribution >= 4 is 29.3 Å². The fraction of sp³-hybridized carbons (Fsp3) is 0.231. The molecule has 3 aromatic carbocycles. The summed E-state index contributed by atoms with van der Waals surface area (Å²) in [5.74, 6) is 1.09. The number of nitrogens with one attached hydrogen (secondary N) is 1. The van der Waals surface area contributed by atoms with Crippen molar-refractivity contribution in [1.29, 1.82) is 0 Å². The summed E-state index contributed by atoms with van der Waals surface area (Å²) in [6.45, 7) is 0.770. The Bertz CT molecular complexity index is 1200. The number of amides is 2. The van der Waals surface area contributed by atoms with Crippen molar-refractivity contribution in [3.8, 4) is 11.5 Å². The topological polar surface area (TPSA) is 67.9 Å². The van der Waals surface area contributed by atoms with Gasteiger partial charge in [-0.1, -0.05) is 60.3 Å². The minimum absolute atomic E-state index is 0.0100. The highest BCUT2D eigenvalue weighted by molar-refractivity contribution is 8.02. The van der Waals surface area contributed by atoms with Crippen molar-refractivity contribution in [2.75, 3.05) is 12.0 Å². The number of carbonyl (C=O) groups excluding carboxylic acids is 2. The van der Waals surface area contributed by atoms with Crippen LogP contribution in [-0.2, 0) is 22.7 Å². The molecule has 33 heavy (non-hydrogen) atoms. The van der Waals surface area contributed by atoms with Gasteiger partial charge in [0.1, 0.15) is 6.61 Å². The van der Waals surface area contributed by atoms with Crippen LogP contribution in [0, 0.1) is 0 Å². The molecule has 2 aliphatic rings. The number of para-hydroxylation sites is 1. The summed E-state index contributed by atoms with van der Waals surface area (Å²) in [6, 6.07) is 23.2. The fourth-order valence-corrected chi connectivity index (χ4v) is 5.73. The molecule has 2 aliphatic heterocycles. The smallest absolute Gasteiger partial charge is 0.257 e. The van der Waals surface area contributed by atoms with E-state index in [0.717, 1.165) is 21.7 Å². The van der Waals surface area contributed by atoms with E-state index < -0.39 is 4.87 Å². The Balaban J connectivity index is 1.27. The normalized spacial score (nSPS) is 18.6. The second kappa shape index (κ2) is 8.83. The molecule has 0 bridgehead atoms. The van der Waals surface area contributed by atoms with Crippen LogP contribution in [0.15, 0.2) is 77.7 Å². The van der Waals surface area contributed by atoms with E-state index in [0.29, 0.717) is 37.5 Å². The number of carbonyl (C=O) groups is 2. The Labute approximate surface area is 196 Å². The van der Waals surface area contributed by atoms with Gasteiger partial charge in [0.05, 0.1) is 12.8 Å². The third kappa shape index (κ3) is 3.93. The summed E-state index contributed by atoms with van der Waals surface area (Å²) in [4.78, 5) is 27.6. The number of methoxy groups -OCH3 is 1. The minimum Gasteiger partial charge on any atom is -0.493 e. The van der Waals surface area contributed by atoms with E-state index in [9.17, 15) is 9.59 Å². The first-order chi connectivity index (χ1) is 16.1. The van der Waals surface area contributed by atoms with E-state index in [4.69, 9.17) is 9.47 Å². The van der Waals surface area contributed by atoms with E-state index in [1.807, 2.05) is 72.8 Å². The lowest BCUT2D eigenvalue weighted by molar-refractivity contribution is -0.124. The lowest BCUT2D eigenvalue weighted by atomic mass is 10.1. The lowest BCUT2D eigenvalue weighted by Crippen LogP contribution is -2.52. The number of nitrogens with zero attached hydrogens (tertiary/aromatic N) is 1. The van der Waals surface area contributed by atoms with Gasteiger partial charge in [0.15, 0.2) is 16.4 Å². The highest BCUT2D eigenvalue weighted by Crippen LogP contribution is 2.55. The van der Waals surface area contributed by atoms with E-state index in [-0.39, 0.29) is 11.8 Å². The van der Waals surface area contributed by atoms with E-state index in [1.165, 1.54) is 11.8 Å². The van der Waals surface area contributed by atoms with Gasteiger partial charge in [-0.2, -0.15) is 0 Å². The highest BCUT2D eigenvalue weighted by atomic mass is 32.2. The van der Waals surface area contributed by atoms with Crippen LogP contribution < -0.4 is 19.7 Å². The molecule has 0 aromatic heterocycles. The van der Waals surface area contributed by atoms with E-state index >= 15 is 0 Å². The van der Waals surface area contributed by atoms with Crippen LogP contribution in [0.3, 0.4) is 0 Å². The summed E-state index contributed by atoms with van der Waals surface area (Å²) in [6.07, 6.45) is 0.864. The molecule has 1 atom stereocenters. The van der Waals surface area contributed by atoms with Crippen LogP contribution in [0.2, 0.25) is 0 Å². The van der Waals surface area contributed by atoms with Crippen LogP contribution in [-0.4, -0.2) is 23.8 Å². The minimum atomic E-state index is -0.913. The zero-order valence-electron chi connectivity index (χ0n) is 18.2. The monoisotopic (exact) mass is 460 g/mol. The predicted molar refractivity (Wildman–Crippen MR) is 127 cm³/mol. The first-order valence-corrected chi connectivity index (χ1v) is 11.7. The maximum Gasteiger partial charge on any atom is 0.257 e. The Morgan fingerprint density at radius 2 is 1.82 bits per heavy atom. The highest BCUT2D eigenvalue weighted by Gasteiger charge is 2.57. The Hall–Kier alpha value is -3.45. The molecular formula is C26H24N2O4S. The first kappa shape index (κ1) is 21.4. The van der Waals surface area contributed by atoms with Crippen molar-refractivity contribution in [3.05, 3.63) is 83.9 Å². The molecule has 3 aromatic rings. The van der Waals surface area contributed by atoms with Gasteiger partial charge in [0, 0.05) is 17.9 Å². The van der Waals surface area contributed by atoms with Gasteiger partial charge in [-0.3, -0.25) is 14.5 Å². The van der Waals surface area contributed by atoms with Gasteiger partial charge < -0.3 is 14.8 Å². The number of anilines is 1. The molecule has 1 saturated heterocycles. The molecule has 1 N–H and O–H groups in total. The summed E-state index contributed by atoms with van der Waals surface area (Å²) in [7, 11) is 1.60. The third-order valence-electron chi connectivity index (χ3n) is 5.95. The average Bonchev–Trinajstić information content (AvgIpc) is 3.37. The van der Waals surface area contributed by atoms with Crippen molar-refractivity contribution in [3.63, 3.8) is 0 Å². The zero-order chi connectivity index (χ0) is 22.8. The summed E-state index contributed by atoms with van der Waals surface area (Å²) < 4.78 is 11.4. The molecule has 1 unspecified atom stereocenters. The molecule has 0 saturated carbocycles. The Morgan fingerprint density at radius 1 is 1.03 bits per heavy atom. The van der Waals surface area contributed by atoms with Crippen LogP contribution in [0.25, 0.3) is 0 Å². The van der Waals surface area contributed by atoms with E-state index in [2.05, 4.69) is 5.32 Å². The summed E-state index contributed by atoms with van der Waals surface area (Å²) >= 11 is 1.46. The average molecular weight is 461 g/mol. The van der Waals surface area contributed by atoms with Crippen molar-refractivity contribution in [2.45, 2.75) is 35.8 Å². The van der Waals surface area contributed by atoms with Crippen molar-refractivity contribution in [2.24, 2.45) is 0 Å². The second-order valence-corrected chi connectivity index (χ2v) is 9.34. The van der Waals surface area contributed by atoms with Gasteiger partial charge >= 0.3 is 0 Å². The first-order valence-electron chi connectivity index (χ1n) is 10.8. The Kier molecular flexibility index (Phi) is 5.72. The van der Waals surface area contributed by atoms with Gasteiger partial charge in [0.25, 0.3) is 5.91 Å². The standard InChI is InChI=1S/C26H24N2O4S/c1-31-22-15-19(11-12-21(22)32-17-18-7-3-2-4-8-18)16-27-25(30)26-14-13-24(29)28(26)20-9-5-6-10-23(20)33-26/h2-12,15H,13-14,16-17H2,1H3,(H,27,30). The molecule has 6 nitrogen and oxygen atoms in total. The van der Waals surface area contributed by atoms with Gasteiger partial charge in [0.2, 0.25) is 5.91 Å². The molecule has 5 rings (SSSR count). The number of benzene rings is 3. The third-order valence-corrected chi connectivity index (χ3v) is 7.42. The van der Waals surface area contributed by atoms with Crippen molar-refractivity contribution < 1.29 is 19.1 Å². The van der Waals surface area contributed by atoms with Gasteiger partial charge in [-0.05, 0) is 41.8 Å². The maximum atomic E-state index is 13.3. The molecule has 168 valence electrons. The Morgan fingerprint density at radius 3 is 2.64 bits per heavy atom. The number of thioether (sulfide) groups is 1. The van der Waals surface area contributed by atoms with Crippen LogP contribution in [0.4, 0.5) is 5.69 Å². The molecule has 0 aliphatic carbocycles. The molecule has 0 spiro atoms. The zero-order valence-corrected chi connectivity index (χ0v) is 19.1. The van der Waals surface area contributed by atoms with Crippen molar-refractivity contribution in [1.82, 2.24) is 5.32 Å². The van der Waals surface area contributed by atoms with Crippen LogP contribution in [0.1, 0.15) is 24.0 Å². The predicted octanol–water partition coefficient (Wildman–Crippen LogP) is 4.52. The van der Waals surface area contributed by atoms with Crippen LogP contribution >= 0.6 is 11.8 Å². The molecule has 1 fully saturated rings. The fourth-order valence-electron chi connectivity index (χ4n) is 4.30. The number of hydrogen-bond donors (Lipinski definition) is 1. The number of fused-ring (bicyclic) bond motifs is 3. The van der Waals surface area contributed by atoms with Gasteiger partial charge in [-0.25, -0.2) is 0 Å². The van der Waals surface area contributed by atoms with Gasteiger partial charge in [-0.15, -0.1) is 0 Å². The largest absolute Gasteiger partial charge is 0.493 e. The summed E-state index contributed by atoms with van der Waals surface area (Å²) in [5.41, 5.74) is 2.78. The maximum absolute atomic E-state index is 13.3. The lowest BCUT2D eigenvalue weighted by Gasteiger charge is -2.29. The summed E-state index contributed by atoms with van der Waals surface area (Å²) in [5, 5.41) is 3.04. The van der Waals surface area contributed by atoms with Crippen LogP contribution in [0.5, 0.6) is 11.5 Å². The number of ether oxygens (including phenoxy) is 2. The molecule has 2 amide bonds. The number of rotatable bonds is 7. The number of hydrogen-bond acceptors (Lipinski definition) is 5. The second-order valence-electron chi connectivity index (χ2n) is 8.03. The molecule has 0 radical (unpaired) electrons. The molecule has 2 heterocycles. The van der Waals surface area contributed by atoms with E-state index in [1.54, 1.807) is 12.0 Å².